The number of pyridine rings is 1. The molecule has 1 aromatic carbocycles. The predicted octanol–water partition coefficient (Wildman–Crippen LogP) is 2.61. The summed E-state index contributed by atoms with van der Waals surface area (Å²) >= 11 is 0. The third kappa shape index (κ3) is 2.99. The third-order valence-electron chi connectivity index (χ3n) is 4.16. The number of nitrogens with zero attached hydrogens (tertiary/aromatic N) is 2. The highest BCUT2D eigenvalue weighted by Crippen LogP contribution is 2.24. The second-order valence-electron chi connectivity index (χ2n) is 5.75. The highest BCUT2D eigenvalue weighted by molar-refractivity contribution is 7.90. The highest BCUT2D eigenvalue weighted by atomic mass is 32.2. The summed E-state index contributed by atoms with van der Waals surface area (Å²) in [5.41, 5.74) is 4.10. The summed E-state index contributed by atoms with van der Waals surface area (Å²) in [7, 11) is -3.19. The Morgan fingerprint density at radius 1 is 1.18 bits per heavy atom. The molecule has 3 rings (SSSR count). The van der Waals surface area contributed by atoms with Crippen LogP contribution in [0.25, 0.3) is 0 Å². The Balaban J connectivity index is 1.85. The van der Waals surface area contributed by atoms with E-state index in [9.17, 15) is 8.42 Å². The van der Waals surface area contributed by atoms with Crippen LogP contribution < -0.4 is 4.90 Å². The number of benzene rings is 1. The minimum absolute atomic E-state index is 0.266. The average molecular weight is 316 g/mol. The summed E-state index contributed by atoms with van der Waals surface area (Å²) in [5, 5.41) is 0. The molecule has 4 nitrogen and oxygen atoms in total. The Kier molecular flexibility index (Phi) is 3.91. The smallest absolute Gasteiger partial charge is 0.177 e. The van der Waals surface area contributed by atoms with Gasteiger partial charge in [0.2, 0.25) is 0 Å². The molecule has 0 atom stereocenters. The fourth-order valence-corrected chi connectivity index (χ4v) is 3.36. The van der Waals surface area contributed by atoms with Gasteiger partial charge in [0.15, 0.2) is 9.84 Å². The van der Waals surface area contributed by atoms with Gasteiger partial charge in [0.25, 0.3) is 0 Å². The van der Waals surface area contributed by atoms with Crippen LogP contribution in [0.3, 0.4) is 0 Å². The molecule has 0 amide bonds. The maximum atomic E-state index is 11.5. The number of fused-ring (bicyclic) bond motifs is 1. The van der Waals surface area contributed by atoms with Crippen molar-refractivity contribution in [2.24, 2.45) is 0 Å². The van der Waals surface area contributed by atoms with Gasteiger partial charge in [-0.25, -0.2) is 13.4 Å². The summed E-state index contributed by atoms with van der Waals surface area (Å²) in [6, 6.07) is 10.1. The number of aryl methyl sites for hydroxylation is 1. The summed E-state index contributed by atoms with van der Waals surface area (Å²) in [4.78, 5) is 6.80. The Bertz CT molecular complexity index is 783. The number of sulfone groups is 1. The monoisotopic (exact) mass is 316 g/mol. The van der Waals surface area contributed by atoms with E-state index in [1.807, 2.05) is 0 Å². The standard InChI is InChI=1S/C17H20N2O2S/c1-3-13-4-5-14-8-9-19(12-15(14)10-13)17-7-6-16(11-18-17)22(2,20)21/h4-7,10-11H,3,8-9,12H2,1-2H3. The van der Waals surface area contributed by atoms with Gasteiger partial charge in [0.1, 0.15) is 5.82 Å². The van der Waals surface area contributed by atoms with Crippen molar-refractivity contribution in [1.82, 2.24) is 4.98 Å². The van der Waals surface area contributed by atoms with Gasteiger partial charge in [0, 0.05) is 25.5 Å². The summed E-state index contributed by atoms with van der Waals surface area (Å²) in [6.07, 6.45) is 4.68. The van der Waals surface area contributed by atoms with E-state index < -0.39 is 9.84 Å². The highest BCUT2D eigenvalue weighted by Gasteiger charge is 2.18. The first-order valence-electron chi connectivity index (χ1n) is 7.49. The van der Waals surface area contributed by atoms with E-state index >= 15 is 0 Å². The average Bonchev–Trinajstić information content (AvgIpc) is 2.53. The Hall–Kier alpha value is -1.88. The maximum absolute atomic E-state index is 11.5. The normalized spacial score (nSPS) is 14.7. The van der Waals surface area contributed by atoms with Crippen molar-refractivity contribution >= 4 is 15.7 Å². The van der Waals surface area contributed by atoms with Crippen molar-refractivity contribution in [2.75, 3.05) is 17.7 Å². The van der Waals surface area contributed by atoms with Crippen LogP contribution in [0.4, 0.5) is 5.82 Å². The quantitative estimate of drug-likeness (QED) is 0.873. The van der Waals surface area contributed by atoms with Crippen molar-refractivity contribution in [3.63, 3.8) is 0 Å². The largest absolute Gasteiger partial charge is 0.352 e. The Labute approximate surface area is 131 Å². The molecule has 5 heteroatoms. The van der Waals surface area contributed by atoms with Crippen molar-refractivity contribution in [1.29, 1.82) is 0 Å². The molecule has 0 bridgehead atoms. The van der Waals surface area contributed by atoms with Gasteiger partial charge in [-0.15, -0.1) is 0 Å². The van der Waals surface area contributed by atoms with E-state index in [1.165, 1.54) is 29.1 Å². The molecular weight excluding hydrogens is 296 g/mol. The first kappa shape index (κ1) is 15.0. The second-order valence-corrected chi connectivity index (χ2v) is 7.77. The first-order chi connectivity index (χ1) is 10.5. The van der Waals surface area contributed by atoms with E-state index in [4.69, 9.17) is 0 Å². The minimum atomic E-state index is -3.19. The SMILES string of the molecule is CCc1ccc2c(c1)CN(c1ccc(S(C)(=O)=O)cn1)CC2. The zero-order chi connectivity index (χ0) is 15.7. The van der Waals surface area contributed by atoms with Crippen LogP contribution in [0.5, 0.6) is 0 Å². The predicted molar refractivity (Wildman–Crippen MR) is 87.9 cm³/mol. The fraction of sp³-hybridized carbons (Fsp3) is 0.353. The van der Waals surface area contributed by atoms with Crippen molar-refractivity contribution in [3.05, 3.63) is 53.2 Å². The van der Waals surface area contributed by atoms with Gasteiger partial charge >= 0.3 is 0 Å². The molecule has 0 unspecified atom stereocenters. The van der Waals surface area contributed by atoms with E-state index in [-0.39, 0.29) is 4.90 Å². The van der Waals surface area contributed by atoms with E-state index in [0.717, 1.165) is 31.7 Å². The van der Waals surface area contributed by atoms with Crippen LogP contribution in [0.15, 0.2) is 41.4 Å². The van der Waals surface area contributed by atoms with E-state index in [0.29, 0.717) is 0 Å². The number of hydrogen-bond acceptors (Lipinski definition) is 4. The van der Waals surface area contributed by atoms with Gasteiger partial charge in [-0.2, -0.15) is 0 Å². The summed E-state index contributed by atoms with van der Waals surface area (Å²) in [6.45, 7) is 3.89. The van der Waals surface area contributed by atoms with Crippen LogP contribution in [-0.4, -0.2) is 26.2 Å². The zero-order valence-corrected chi connectivity index (χ0v) is 13.7. The third-order valence-corrected chi connectivity index (χ3v) is 5.26. The molecule has 0 saturated carbocycles. The van der Waals surface area contributed by atoms with Gasteiger partial charge < -0.3 is 4.90 Å². The van der Waals surface area contributed by atoms with Gasteiger partial charge in [-0.1, -0.05) is 25.1 Å². The lowest BCUT2D eigenvalue weighted by atomic mass is 9.96. The Morgan fingerprint density at radius 3 is 2.64 bits per heavy atom. The molecule has 116 valence electrons. The van der Waals surface area contributed by atoms with Crippen LogP contribution in [-0.2, 0) is 29.2 Å². The maximum Gasteiger partial charge on any atom is 0.177 e. The van der Waals surface area contributed by atoms with Gasteiger partial charge in [-0.3, -0.25) is 0 Å². The molecule has 0 radical (unpaired) electrons. The van der Waals surface area contributed by atoms with Crippen molar-refractivity contribution < 1.29 is 8.42 Å². The first-order valence-corrected chi connectivity index (χ1v) is 9.38. The molecule has 0 fully saturated rings. The summed E-state index contributed by atoms with van der Waals surface area (Å²) < 4.78 is 23.0. The van der Waals surface area contributed by atoms with Crippen LogP contribution in [0, 0.1) is 0 Å². The fourth-order valence-electron chi connectivity index (χ4n) is 2.80. The molecule has 1 aliphatic rings. The van der Waals surface area contributed by atoms with Crippen molar-refractivity contribution in [3.8, 4) is 0 Å². The van der Waals surface area contributed by atoms with Crippen LogP contribution in [0.2, 0.25) is 0 Å². The molecule has 22 heavy (non-hydrogen) atoms. The number of anilines is 1. The molecule has 0 saturated heterocycles. The van der Waals surface area contributed by atoms with Gasteiger partial charge in [0.05, 0.1) is 4.90 Å². The van der Waals surface area contributed by atoms with Crippen LogP contribution in [0.1, 0.15) is 23.6 Å². The minimum Gasteiger partial charge on any atom is -0.352 e. The topological polar surface area (TPSA) is 50.3 Å². The van der Waals surface area contributed by atoms with Gasteiger partial charge in [-0.05, 0) is 41.7 Å². The van der Waals surface area contributed by atoms with E-state index in [1.54, 1.807) is 12.1 Å². The molecule has 0 N–H and O–H groups in total. The van der Waals surface area contributed by atoms with E-state index in [2.05, 4.69) is 35.0 Å². The van der Waals surface area contributed by atoms with Crippen molar-refractivity contribution in [2.45, 2.75) is 31.2 Å². The number of hydrogen-bond donors (Lipinski definition) is 0. The molecule has 0 spiro atoms. The lowest BCUT2D eigenvalue weighted by Crippen LogP contribution is -2.31. The molecule has 1 aromatic heterocycles. The Morgan fingerprint density at radius 2 is 2.00 bits per heavy atom. The molecular formula is C17H20N2O2S. The number of aromatic nitrogens is 1. The molecule has 2 heterocycles. The zero-order valence-electron chi connectivity index (χ0n) is 12.9. The van der Waals surface area contributed by atoms with Crippen LogP contribution >= 0.6 is 0 Å². The summed E-state index contributed by atoms with van der Waals surface area (Å²) in [5.74, 6) is 0.833. The lowest BCUT2D eigenvalue weighted by Gasteiger charge is -2.30. The number of rotatable bonds is 3. The lowest BCUT2D eigenvalue weighted by molar-refractivity contribution is 0.601. The molecule has 2 aromatic rings. The molecule has 1 aliphatic heterocycles. The second kappa shape index (κ2) is 5.72. The molecule has 0 aliphatic carbocycles.